The molecule has 0 aromatic heterocycles. The van der Waals surface area contributed by atoms with Crippen molar-refractivity contribution >= 4 is 5.96 Å². The lowest BCUT2D eigenvalue weighted by atomic mass is 9.86. The molecule has 2 aliphatic heterocycles. The van der Waals surface area contributed by atoms with Crippen molar-refractivity contribution in [3.63, 3.8) is 0 Å². The molecule has 23 heavy (non-hydrogen) atoms. The molecule has 4 atom stereocenters. The van der Waals surface area contributed by atoms with Gasteiger partial charge in [0, 0.05) is 38.2 Å². The van der Waals surface area contributed by atoms with E-state index >= 15 is 0 Å². The molecule has 0 aromatic rings. The Morgan fingerprint density at radius 1 is 1.30 bits per heavy atom. The highest BCUT2D eigenvalue weighted by Crippen LogP contribution is 2.49. The van der Waals surface area contributed by atoms with E-state index in [9.17, 15) is 0 Å². The Morgan fingerprint density at radius 2 is 2.26 bits per heavy atom. The van der Waals surface area contributed by atoms with Crippen molar-refractivity contribution in [3.8, 4) is 0 Å². The summed E-state index contributed by atoms with van der Waals surface area (Å²) in [5.74, 6) is 4.21. The van der Waals surface area contributed by atoms with E-state index in [1.54, 1.807) is 0 Å². The lowest BCUT2D eigenvalue weighted by Gasteiger charge is -2.25. The number of nitrogens with one attached hydrogen (secondary N) is 1. The molecule has 2 bridgehead atoms. The fourth-order valence-corrected chi connectivity index (χ4v) is 5.58. The molecule has 4 nitrogen and oxygen atoms in total. The van der Waals surface area contributed by atoms with Gasteiger partial charge < -0.3 is 15.0 Å². The fourth-order valence-electron chi connectivity index (χ4n) is 5.58. The number of likely N-dealkylation sites (tertiary alicyclic amines) is 1. The summed E-state index contributed by atoms with van der Waals surface area (Å²) in [6, 6.07) is 0. The SMILES string of the molecule is CCNC(=NCCC1CC2CCC1C2)N1CCC2(CCOC2)C1. The number of ether oxygens (including phenoxy) is 1. The summed E-state index contributed by atoms with van der Waals surface area (Å²) >= 11 is 0. The second-order valence-electron chi connectivity index (χ2n) is 8.43. The molecule has 130 valence electrons. The number of hydrogen-bond acceptors (Lipinski definition) is 2. The van der Waals surface area contributed by atoms with E-state index in [1.807, 2.05) is 0 Å². The smallest absolute Gasteiger partial charge is 0.193 e. The Labute approximate surface area is 141 Å². The van der Waals surface area contributed by atoms with Crippen LogP contribution in [0.2, 0.25) is 0 Å². The van der Waals surface area contributed by atoms with E-state index in [2.05, 4.69) is 17.1 Å². The third-order valence-electron chi connectivity index (χ3n) is 6.90. The fraction of sp³-hybridized carbons (Fsp3) is 0.947. The van der Waals surface area contributed by atoms with Gasteiger partial charge in [-0.15, -0.1) is 0 Å². The Hall–Kier alpha value is -0.770. The first-order valence-electron chi connectivity index (χ1n) is 9.89. The van der Waals surface area contributed by atoms with Crippen LogP contribution < -0.4 is 5.32 Å². The molecular weight excluding hydrogens is 286 g/mol. The van der Waals surface area contributed by atoms with Crippen molar-refractivity contribution in [3.05, 3.63) is 0 Å². The van der Waals surface area contributed by atoms with Gasteiger partial charge in [-0.05, 0) is 63.2 Å². The summed E-state index contributed by atoms with van der Waals surface area (Å²) in [6.45, 7) is 8.33. The van der Waals surface area contributed by atoms with E-state index in [4.69, 9.17) is 9.73 Å². The zero-order valence-electron chi connectivity index (χ0n) is 14.7. The highest BCUT2D eigenvalue weighted by Gasteiger charge is 2.42. The minimum atomic E-state index is 0.417. The molecular formula is C19H33N3O. The summed E-state index contributed by atoms with van der Waals surface area (Å²) < 4.78 is 5.66. The Morgan fingerprint density at radius 3 is 2.96 bits per heavy atom. The summed E-state index contributed by atoms with van der Waals surface area (Å²) in [5, 5.41) is 3.53. The number of rotatable bonds is 4. The molecule has 4 rings (SSSR count). The van der Waals surface area contributed by atoms with Gasteiger partial charge in [0.15, 0.2) is 5.96 Å². The third-order valence-corrected chi connectivity index (χ3v) is 6.90. The van der Waals surface area contributed by atoms with E-state index in [0.717, 1.165) is 63.1 Å². The van der Waals surface area contributed by atoms with Gasteiger partial charge in [-0.1, -0.05) is 6.42 Å². The van der Waals surface area contributed by atoms with Gasteiger partial charge in [0.2, 0.25) is 0 Å². The van der Waals surface area contributed by atoms with Gasteiger partial charge in [0.1, 0.15) is 0 Å². The monoisotopic (exact) mass is 319 g/mol. The molecule has 2 saturated carbocycles. The summed E-state index contributed by atoms with van der Waals surface area (Å²) in [7, 11) is 0. The van der Waals surface area contributed by atoms with Crippen LogP contribution in [0.4, 0.5) is 0 Å². The van der Waals surface area contributed by atoms with Crippen LogP contribution in [0.3, 0.4) is 0 Å². The van der Waals surface area contributed by atoms with Crippen molar-refractivity contribution < 1.29 is 4.74 Å². The van der Waals surface area contributed by atoms with Gasteiger partial charge in [-0.2, -0.15) is 0 Å². The minimum Gasteiger partial charge on any atom is -0.381 e. The lowest BCUT2D eigenvalue weighted by molar-refractivity contribution is 0.156. The first kappa shape index (κ1) is 15.7. The van der Waals surface area contributed by atoms with Crippen LogP contribution in [0.5, 0.6) is 0 Å². The molecule has 4 aliphatic rings. The van der Waals surface area contributed by atoms with Crippen molar-refractivity contribution in [1.29, 1.82) is 0 Å². The van der Waals surface area contributed by atoms with Crippen molar-refractivity contribution in [1.82, 2.24) is 10.2 Å². The first-order chi connectivity index (χ1) is 11.3. The molecule has 1 N–H and O–H groups in total. The van der Waals surface area contributed by atoms with Crippen LogP contribution in [0.1, 0.15) is 51.9 Å². The van der Waals surface area contributed by atoms with Gasteiger partial charge in [-0.3, -0.25) is 4.99 Å². The normalized spacial score (nSPS) is 39.8. The van der Waals surface area contributed by atoms with Gasteiger partial charge in [0.05, 0.1) is 6.61 Å². The number of fused-ring (bicyclic) bond motifs is 2. The molecule has 1 spiro atoms. The quantitative estimate of drug-likeness (QED) is 0.639. The Balaban J connectivity index is 1.32. The number of hydrogen-bond donors (Lipinski definition) is 1. The van der Waals surface area contributed by atoms with Crippen molar-refractivity contribution in [2.75, 3.05) is 39.4 Å². The number of nitrogens with zero attached hydrogens (tertiary/aromatic N) is 2. The molecule has 2 heterocycles. The number of aliphatic imine (C=N–C) groups is 1. The second-order valence-corrected chi connectivity index (χ2v) is 8.43. The van der Waals surface area contributed by atoms with E-state index in [-0.39, 0.29) is 0 Å². The Bertz CT molecular complexity index is 444. The molecule has 0 amide bonds. The van der Waals surface area contributed by atoms with E-state index in [0.29, 0.717) is 5.41 Å². The average Bonchev–Trinajstić information content (AvgIpc) is 3.33. The predicted molar refractivity (Wildman–Crippen MR) is 93.6 cm³/mol. The highest BCUT2D eigenvalue weighted by molar-refractivity contribution is 5.80. The maximum absolute atomic E-state index is 5.66. The average molecular weight is 319 g/mol. The summed E-state index contributed by atoms with van der Waals surface area (Å²) in [6.07, 6.45) is 9.80. The minimum absolute atomic E-state index is 0.417. The van der Waals surface area contributed by atoms with Gasteiger partial charge in [0.25, 0.3) is 0 Å². The van der Waals surface area contributed by atoms with Crippen LogP contribution in [-0.4, -0.2) is 50.3 Å². The van der Waals surface area contributed by atoms with Crippen LogP contribution in [0.15, 0.2) is 4.99 Å². The molecule has 0 radical (unpaired) electrons. The topological polar surface area (TPSA) is 36.9 Å². The summed E-state index contributed by atoms with van der Waals surface area (Å²) in [5.41, 5.74) is 0.417. The van der Waals surface area contributed by atoms with Crippen molar-refractivity contribution in [2.45, 2.75) is 51.9 Å². The zero-order valence-corrected chi connectivity index (χ0v) is 14.7. The molecule has 4 heteroatoms. The van der Waals surface area contributed by atoms with Crippen molar-refractivity contribution in [2.24, 2.45) is 28.2 Å². The van der Waals surface area contributed by atoms with Crippen LogP contribution in [-0.2, 0) is 4.74 Å². The third kappa shape index (κ3) is 3.24. The highest BCUT2D eigenvalue weighted by atomic mass is 16.5. The second kappa shape index (κ2) is 6.62. The standard InChI is InChI=1S/C19H33N3O/c1-2-20-18(22-9-6-19(13-22)7-10-23-14-19)21-8-5-17-12-15-3-4-16(17)11-15/h15-17H,2-14H2,1H3,(H,20,21). The molecule has 2 saturated heterocycles. The molecule has 2 aliphatic carbocycles. The van der Waals surface area contributed by atoms with E-state index in [1.165, 1.54) is 44.9 Å². The summed E-state index contributed by atoms with van der Waals surface area (Å²) in [4.78, 5) is 7.47. The largest absolute Gasteiger partial charge is 0.381 e. The van der Waals surface area contributed by atoms with E-state index < -0.39 is 0 Å². The number of guanidine groups is 1. The molecule has 4 fully saturated rings. The van der Waals surface area contributed by atoms with Crippen LogP contribution >= 0.6 is 0 Å². The van der Waals surface area contributed by atoms with Crippen LogP contribution in [0, 0.1) is 23.2 Å². The van der Waals surface area contributed by atoms with Crippen LogP contribution in [0.25, 0.3) is 0 Å². The van der Waals surface area contributed by atoms with Gasteiger partial charge >= 0.3 is 0 Å². The van der Waals surface area contributed by atoms with Gasteiger partial charge in [-0.25, -0.2) is 0 Å². The molecule has 0 aromatic carbocycles. The first-order valence-corrected chi connectivity index (χ1v) is 9.89. The predicted octanol–water partition coefficient (Wildman–Crippen LogP) is 2.89. The zero-order chi connectivity index (χ0) is 15.7. The Kier molecular flexibility index (Phi) is 4.53. The maximum atomic E-state index is 5.66. The lowest BCUT2D eigenvalue weighted by Crippen LogP contribution is -2.41. The molecule has 4 unspecified atom stereocenters. The maximum Gasteiger partial charge on any atom is 0.193 e.